The highest BCUT2D eigenvalue weighted by atomic mass is 16.4. The first kappa shape index (κ1) is 17.3. The molecule has 78 valence electrons. The number of rotatable bonds is 0. The van der Waals surface area contributed by atoms with Crippen molar-refractivity contribution >= 4 is 18.0 Å². The van der Waals surface area contributed by atoms with Crippen molar-refractivity contribution in [3.63, 3.8) is 0 Å². The number of carboxylic acid groups (broad SMARTS) is 2. The van der Waals surface area contributed by atoms with Gasteiger partial charge < -0.3 is 15.9 Å². The van der Waals surface area contributed by atoms with Gasteiger partial charge in [0.15, 0.2) is 0 Å². The summed E-state index contributed by atoms with van der Waals surface area (Å²) in [4.78, 5) is 27.4. The van der Waals surface area contributed by atoms with Crippen molar-refractivity contribution < 1.29 is 24.6 Å². The van der Waals surface area contributed by atoms with E-state index in [1.807, 2.05) is 0 Å². The molecule has 13 heavy (non-hydrogen) atoms. The van der Waals surface area contributed by atoms with Gasteiger partial charge in [0.25, 0.3) is 11.9 Å². The number of primary amides is 1. The first-order chi connectivity index (χ1) is 5.73. The SMILES string of the molecule is CC(=O)O.CC(=O)O.NNC(N)=O. The highest BCUT2D eigenvalue weighted by Gasteiger charge is 1.73. The van der Waals surface area contributed by atoms with Gasteiger partial charge in [0.05, 0.1) is 0 Å². The van der Waals surface area contributed by atoms with E-state index in [2.05, 4.69) is 11.6 Å². The standard InChI is InChI=1S/2C2H4O2.CH5N3O/c2*1-2(3)4;2-1(5)4-3/h2*1H3,(H,3,4);3H2,(H3,2,4,5). The maximum absolute atomic E-state index is 9.35. The van der Waals surface area contributed by atoms with E-state index >= 15 is 0 Å². The van der Waals surface area contributed by atoms with Crippen LogP contribution in [0.25, 0.3) is 0 Å². The number of carbonyl (C=O) groups excluding carboxylic acids is 1. The number of amides is 2. The van der Waals surface area contributed by atoms with Gasteiger partial charge in [-0.2, -0.15) is 0 Å². The Kier molecular flexibility index (Phi) is 17.1. The summed E-state index contributed by atoms with van der Waals surface area (Å²) in [7, 11) is 0. The van der Waals surface area contributed by atoms with Gasteiger partial charge in [-0.05, 0) is 0 Å². The third kappa shape index (κ3) is 23500. The zero-order valence-corrected chi connectivity index (χ0v) is 7.27. The average molecular weight is 195 g/mol. The van der Waals surface area contributed by atoms with E-state index in [0.717, 1.165) is 13.8 Å². The lowest BCUT2D eigenvalue weighted by Gasteiger charge is -1.81. The van der Waals surface area contributed by atoms with E-state index in [9.17, 15) is 4.79 Å². The fourth-order valence-electron chi connectivity index (χ4n) is 0. The third-order valence-electron chi connectivity index (χ3n) is 0.142. The Morgan fingerprint density at radius 3 is 1.15 bits per heavy atom. The fraction of sp³-hybridized carbons (Fsp3) is 0.400. The van der Waals surface area contributed by atoms with Crippen LogP contribution in [0, 0.1) is 0 Å². The molecule has 0 unspecified atom stereocenters. The lowest BCUT2D eigenvalue weighted by Crippen LogP contribution is -2.34. The van der Waals surface area contributed by atoms with Crippen LogP contribution in [0.5, 0.6) is 0 Å². The number of aliphatic carboxylic acids is 2. The van der Waals surface area contributed by atoms with E-state index in [-0.39, 0.29) is 0 Å². The summed E-state index contributed by atoms with van der Waals surface area (Å²) in [5.74, 6) is 2.78. The van der Waals surface area contributed by atoms with Crippen LogP contribution in [0.15, 0.2) is 0 Å². The van der Waals surface area contributed by atoms with Crippen molar-refractivity contribution in [2.75, 3.05) is 0 Å². The van der Waals surface area contributed by atoms with Crippen LogP contribution in [0.1, 0.15) is 13.8 Å². The van der Waals surface area contributed by atoms with E-state index in [0.29, 0.717) is 0 Å². The molecule has 0 atom stereocenters. The molecule has 0 aliphatic carbocycles. The molecule has 0 heterocycles. The Morgan fingerprint density at radius 2 is 1.15 bits per heavy atom. The molecular weight excluding hydrogens is 182 g/mol. The van der Waals surface area contributed by atoms with E-state index in [4.69, 9.17) is 19.8 Å². The predicted molar refractivity (Wildman–Crippen MR) is 43.5 cm³/mol. The molecule has 0 bridgehead atoms. The van der Waals surface area contributed by atoms with Crippen LogP contribution in [0.2, 0.25) is 0 Å². The minimum atomic E-state index is -0.833. The number of carbonyl (C=O) groups is 3. The number of carboxylic acids is 2. The topological polar surface area (TPSA) is 156 Å². The van der Waals surface area contributed by atoms with Crippen molar-refractivity contribution in [1.82, 2.24) is 5.43 Å². The monoisotopic (exact) mass is 195 g/mol. The van der Waals surface area contributed by atoms with Gasteiger partial charge in [0.1, 0.15) is 0 Å². The number of urea groups is 1. The summed E-state index contributed by atoms with van der Waals surface area (Å²) in [6, 6.07) is -0.718. The molecule has 0 fully saturated rings. The maximum atomic E-state index is 9.35. The van der Waals surface area contributed by atoms with Crippen molar-refractivity contribution in [1.29, 1.82) is 0 Å². The van der Waals surface area contributed by atoms with Gasteiger partial charge in [-0.3, -0.25) is 15.0 Å². The van der Waals surface area contributed by atoms with Gasteiger partial charge in [0.2, 0.25) is 0 Å². The summed E-state index contributed by atoms with van der Waals surface area (Å²) in [5.41, 5.74) is 6.08. The highest BCUT2D eigenvalue weighted by molar-refractivity contribution is 5.70. The molecule has 7 N–H and O–H groups in total. The Morgan fingerprint density at radius 1 is 1.08 bits per heavy atom. The Balaban J connectivity index is -0.000000117. The molecule has 0 aromatic rings. The summed E-state index contributed by atoms with van der Waals surface area (Å²) in [5, 5.41) is 14.8. The van der Waals surface area contributed by atoms with Crippen LogP contribution < -0.4 is 17.0 Å². The summed E-state index contributed by atoms with van der Waals surface area (Å²) in [6.07, 6.45) is 0. The smallest absolute Gasteiger partial charge is 0.326 e. The molecular formula is C5H13N3O5. The molecule has 0 spiro atoms. The maximum Gasteiger partial charge on any atom is 0.326 e. The zero-order chi connectivity index (χ0) is 11.4. The minimum absolute atomic E-state index is 0.718. The van der Waals surface area contributed by atoms with E-state index in [1.165, 1.54) is 0 Å². The number of hydrazine groups is 1. The number of nitrogens with one attached hydrogen (secondary N) is 1. The second-order valence-corrected chi connectivity index (χ2v) is 1.55. The number of nitrogens with two attached hydrogens (primary N) is 2. The molecule has 0 aliphatic rings. The van der Waals surface area contributed by atoms with Crippen LogP contribution in [-0.2, 0) is 9.59 Å². The number of hydrogen-bond acceptors (Lipinski definition) is 4. The van der Waals surface area contributed by atoms with Crippen molar-refractivity contribution in [2.24, 2.45) is 11.6 Å². The Labute approximate surface area is 74.5 Å². The van der Waals surface area contributed by atoms with Crippen LogP contribution in [0.3, 0.4) is 0 Å². The van der Waals surface area contributed by atoms with Gasteiger partial charge >= 0.3 is 6.03 Å². The largest absolute Gasteiger partial charge is 0.481 e. The molecule has 8 heteroatoms. The Hall–Kier alpha value is -1.83. The van der Waals surface area contributed by atoms with Gasteiger partial charge in [-0.15, -0.1) is 0 Å². The van der Waals surface area contributed by atoms with Crippen molar-refractivity contribution in [2.45, 2.75) is 13.8 Å². The molecule has 0 saturated carbocycles. The second-order valence-electron chi connectivity index (χ2n) is 1.55. The molecule has 0 saturated heterocycles. The summed E-state index contributed by atoms with van der Waals surface area (Å²) >= 11 is 0. The van der Waals surface area contributed by atoms with Gasteiger partial charge in [0, 0.05) is 13.8 Å². The third-order valence-corrected chi connectivity index (χ3v) is 0.142. The lowest BCUT2D eigenvalue weighted by atomic mass is 10.9. The normalized spacial score (nSPS) is 6.38. The second kappa shape index (κ2) is 12.8. The molecule has 2 amide bonds. The van der Waals surface area contributed by atoms with Gasteiger partial charge in [-0.1, -0.05) is 0 Å². The lowest BCUT2D eigenvalue weighted by molar-refractivity contribution is -0.135. The van der Waals surface area contributed by atoms with Gasteiger partial charge in [-0.25, -0.2) is 10.6 Å². The molecule has 8 nitrogen and oxygen atoms in total. The molecule has 0 aliphatic heterocycles. The van der Waals surface area contributed by atoms with Crippen molar-refractivity contribution in [3.05, 3.63) is 0 Å². The first-order valence-electron chi connectivity index (χ1n) is 2.89. The summed E-state index contributed by atoms with van der Waals surface area (Å²) in [6.45, 7) is 2.17. The van der Waals surface area contributed by atoms with Crippen molar-refractivity contribution in [3.8, 4) is 0 Å². The first-order valence-corrected chi connectivity index (χ1v) is 2.89. The number of hydrogen-bond donors (Lipinski definition) is 5. The fourth-order valence-corrected chi connectivity index (χ4v) is 0. The predicted octanol–water partition coefficient (Wildman–Crippen LogP) is -1.29. The molecule has 0 rings (SSSR count). The quantitative estimate of drug-likeness (QED) is 0.184. The minimum Gasteiger partial charge on any atom is -0.481 e. The average Bonchev–Trinajstić information content (AvgIpc) is 1.84. The highest BCUT2D eigenvalue weighted by Crippen LogP contribution is 1.42. The van der Waals surface area contributed by atoms with Crippen LogP contribution in [-0.4, -0.2) is 28.2 Å². The van der Waals surface area contributed by atoms with E-state index < -0.39 is 18.0 Å². The molecule has 0 aromatic heterocycles. The summed E-state index contributed by atoms with van der Waals surface area (Å²) < 4.78 is 0. The van der Waals surface area contributed by atoms with E-state index in [1.54, 1.807) is 5.43 Å². The molecule has 0 aromatic carbocycles. The van der Waals surface area contributed by atoms with Crippen LogP contribution >= 0.6 is 0 Å². The van der Waals surface area contributed by atoms with Crippen LogP contribution in [0.4, 0.5) is 4.79 Å². The zero-order valence-electron chi connectivity index (χ0n) is 7.27. The Bertz CT molecular complexity index is 150. The molecule has 0 radical (unpaired) electrons.